The van der Waals surface area contributed by atoms with Crippen molar-refractivity contribution in [3.63, 3.8) is 0 Å². The molecule has 1 unspecified atom stereocenters. The molecule has 0 bridgehead atoms. The summed E-state index contributed by atoms with van der Waals surface area (Å²) in [6, 6.07) is 10.1. The number of benzene rings is 2. The quantitative estimate of drug-likeness (QED) is 0.744. The molecule has 3 aliphatic rings. The summed E-state index contributed by atoms with van der Waals surface area (Å²) in [5, 5.41) is 4.15. The topological polar surface area (TPSA) is 60.4 Å². The third-order valence-electron chi connectivity index (χ3n) is 5.76. The Morgan fingerprint density at radius 3 is 2.67 bits per heavy atom. The number of nitrogens with zero attached hydrogens (tertiary/aromatic N) is 4. The summed E-state index contributed by atoms with van der Waals surface area (Å²) >= 11 is 6.15. The van der Waals surface area contributed by atoms with Crippen molar-refractivity contribution in [1.29, 1.82) is 0 Å². The van der Waals surface area contributed by atoms with E-state index in [0.29, 0.717) is 43.3 Å². The van der Waals surface area contributed by atoms with Gasteiger partial charge in [-0.1, -0.05) is 18.2 Å². The van der Waals surface area contributed by atoms with E-state index >= 15 is 0 Å². The molecule has 1 amide bonds. The van der Waals surface area contributed by atoms with Gasteiger partial charge in [0.2, 0.25) is 0 Å². The number of amidine groups is 1. The van der Waals surface area contributed by atoms with Gasteiger partial charge in [0.25, 0.3) is 5.91 Å². The van der Waals surface area contributed by atoms with Crippen molar-refractivity contribution in [2.24, 2.45) is 5.10 Å². The average Bonchev–Trinajstić information content (AvgIpc) is 2.76. The third-order valence-corrected chi connectivity index (χ3v) is 6.10. The summed E-state index contributed by atoms with van der Waals surface area (Å²) < 4.78 is 22.4. The van der Waals surface area contributed by atoms with Crippen LogP contribution in [0.15, 0.2) is 41.5 Å². The number of hydrazone groups is 1. The number of piperazine rings is 1. The molecule has 30 heavy (non-hydrogen) atoms. The van der Waals surface area contributed by atoms with E-state index in [2.05, 4.69) is 15.4 Å². The van der Waals surface area contributed by atoms with E-state index in [0.717, 1.165) is 16.9 Å². The van der Waals surface area contributed by atoms with Gasteiger partial charge in [0.15, 0.2) is 5.84 Å². The summed E-state index contributed by atoms with van der Waals surface area (Å²) in [5.41, 5.74) is 5.44. The van der Waals surface area contributed by atoms with Crippen LogP contribution in [-0.4, -0.2) is 55.0 Å². The number of hydrogen-bond donors (Lipinski definition) is 1. The zero-order valence-electron chi connectivity index (χ0n) is 16.4. The van der Waals surface area contributed by atoms with E-state index in [9.17, 15) is 9.18 Å². The molecule has 1 fully saturated rings. The Morgan fingerprint density at radius 1 is 1.13 bits per heavy atom. The maximum atomic E-state index is 14.7. The molecule has 0 saturated carbocycles. The SMILES string of the molecule is CC1C(=O)NN=C2COc3cc(-c4ccccc4F)c(N4CCN(Cl)CC4)cc3N21. The number of fused-ring (bicyclic) bond motifs is 3. The number of carbonyl (C=O) groups is 1. The second kappa shape index (κ2) is 7.45. The van der Waals surface area contributed by atoms with Gasteiger partial charge in [0.05, 0.1) is 5.69 Å². The van der Waals surface area contributed by atoms with Crippen molar-refractivity contribution >= 4 is 34.9 Å². The van der Waals surface area contributed by atoms with E-state index in [4.69, 9.17) is 16.5 Å². The molecule has 3 heterocycles. The molecular weight excluding hydrogens is 409 g/mol. The minimum absolute atomic E-state index is 0.179. The van der Waals surface area contributed by atoms with Gasteiger partial charge in [-0.2, -0.15) is 5.10 Å². The highest BCUT2D eigenvalue weighted by molar-refractivity contribution is 6.13. The van der Waals surface area contributed by atoms with Gasteiger partial charge in [0.1, 0.15) is 24.2 Å². The first kappa shape index (κ1) is 19.1. The molecule has 1 atom stereocenters. The van der Waals surface area contributed by atoms with Crippen molar-refractivity contribution in [1.82, 2.24) is 9.84 Å². The molecule has 0 radical (unpaired) electrons. The molecule has 2 aromatic carbocycles. The minimum Gasteiger partial charge on any atom is -0.483 e. The van der Waals surface area contributed by atoms with E-state index in [1.165, 1.54) is 6.07 Å². The number of rotatable bonds is 2. The van der Waals surface area contributed by atoms with Crippen molar-refractivity contribution in [3.8, 4) is 16.9 Å². The standard InChI is InChI=1S/C21H21ClFN5O2/c1-13-21(29)25-24-20-12-30-19-10-15(14-4-2-3-5-16(14)23)17(11-18(19)28(13)20)26-6-8-27(22)9-7-26/h2-5,10-11,13H,6-9,12H2,1H3,(H,25,29). The molecule has 156 valence electrons. The highest BCUT2D eigenvalue weighted by atomic mass is 35.5. The van der Waals surface area contributed by atoms with E-state index in [-0.39, 0.29) is 18.3 Å². The molecule has 1 N–H and O–H groups in total. The predicted octanol–water partition coefficient (Wildman–Crippen LogP) is 2.80. The summed E-state index contributed by atoms with van der Waals surface area (Å²) in [6.07, 6.45) is 0. The molecule has 0 spiro atoms. The molecule has 3 aliphatic heterocycles. The fraction of sp³-hybridized carbons (Fsp3) is 0.333. The Morgan fingerprint density at radius 2 is 1.90 bits per heavy atom. The highest BCUT2D eigenvalue weighted by Crippen LogP contribution is 2.44. The van der Waals surface area contributed by atoms with Crippen LogP contribution in [0.2, 0.25) is 0 Å². The number of nitrogens with one attached hydrogen (secondary N) is 1. The summed E-state index contributed by atoms with van der Waals surface area (Å²) in [7, 11) is 0. The highest BCUT2D eigenvalue weighted by Gasteiger charge is 2.36. The maximum Gasteiger partial charge on any atom is 0.262 e. The predicted molar refractivity (Wildman–Crippen MR) is 114 cm³/mol. The first-order valence-corrected chi connectivity index (χ1v) is 10.2. The van der Waals surface area contributed by atoms with Crippen LogP contribution in [0.5, 0.6) is 5.75 Å². The summed E-state index contributed by atoms with van der Waals surface area (Å²) in [6.45, 7) is 4.87. The van der Waals surface area contributed by atoms with Gasteiger partial charge in [-0.25, -0.2) is 14.2 Å². The Bertz CT molecular complexity index is 1040. The van der Waals surface area contributed by atoms with Crippen LogP contribution < -0.4 is 20.0 Å². The molecule has 9 heteroatoms. The van der Waals surface area contributed by atoms with Crippen LogP contribution in [0.4, 0.5) is 15.8 Å². The minimum atomic E-state index is -0.424. The molecule has 1 saturated heterocycles. The van der Waals surface area contributed by atoms with Gasteiger partial charge in [0, 0.05) is 43.0 Å². The van der Waals surface area contributed by atoms with Crippen LogP contribution >= 0.6 is 11.8 Å². The molecule has 2 aromatic rings. The lowest BCUT2D eigenvalue weighted by Gasteiger charge is -2.40. The van der Waals surface area contributed by atoms with Crippen molar-refractivity contribution in [3.05, 3.63) is 42.2 Å². The lowest BCUT2D eigenvalue weighted by Crippen LogP contribution is -2.55. The zero-order chi connectivity index (χ0) is 20.8. The van der Waals surface area contributed by atoms with Crippen LogP contribution in [0.3, 0.4) is 0 Å². The molecule has 7 nitrogen and oxygen atoms in total. The number of anilines is 2. The van der Waals surface area contributed by atoms with Gasteiger partial charge in [-0.3, -0.25) is 4.79 Å². The van der Waals surface area contributed by atoms with Gasteiger partial charge >= 0.3 is 0 Å². The fourth-order valence-electron chi connectivity index (χ4n) is 4.14. The van der Waals surface area contributed by atoms with Crippen LogP contribution in [0.1, 0.15) is 6.92 Å². The third kappa shape index (κ3) is 3.16. The Labute approximate surface area is 178 Å². The molecular formula is C21H21ClFN5O2. The molecule has 0 aliphatic carbocycles. The summed E-state index contributed by atoms with van der Waals surface area (Å²) in [4.78, 5) is 16.3. The molecule has 0 aromatic heterocycles. The Hall–Kier alpha value is -2.84. The number of carbonyl (C=O) groups excluding carboxylic acids is 1. The average molecular weight is 430 g/mol. The van der Waals surface area contributed by atoms with Gasteiger partial charge < -0.3 is 14.5 Å². The largest absolute Gasteiger partial charge is 0.483 e. The van der Waals surface area contributed by atoms with Crippen LogP contribution in [-0.2, 0) is 4.79 Å². The summed E-state index contributed by atoms with van der Waals surface area (Å²) in [5.74, 6) is 0.777. The van der Waals surface area contributed by atoms with Crippen molar-refractivity contribution in [2.75, 3.05) is 42.6 Å². The first-order chi connectivity index (χ1) is 14.5. The Balaban J connectivity index is 1.67. The second-order valence-electron chi connectivity index (χ2n) is 7.55. The number of hydrogen-bond acceptors (Lipinski definition) is 6. The van der Waals surface area contributed by atoms with Gasteiger partial charge in [-0.05, 0) is 36.9 Å². The van der Waals surface area contributed by atoms with Crippen LogP contribution in [0.25, 0.3) is 11.1 Å². The van der Waals surface area contributed by atoms with Crippen LogP contribution in [0, 0.1) is 5.82 Å². The molecule has 5 rings (SSSR count). The van der Waals surface area contributed by atoms with E-state index < -0.39 is 6.04 Å². The number of halogens is 2. The Kier molecular flexibility index (Phi) is 4.75. The van der Waals surface area contributed by atoms with Crippen molar-refractivity contribution in [2.45, 2.75) is 13.0 Å². The van der Waals surface area contributed by atoms with E-state index in [1.807, 2.05) is 30.0 Å². The lowest BCUT2D eigenvalue weighted by molar-refractivity contribution is -0.122. The number of ether oxygens (including phenoxy) is 1. The second-order valence-corrected chi connectivity index (χ2v) is 8.03. The van der Waals surface area contributed by atoms with Crippen molar-refractivity contribution < 1.29 is 13.9 Å². The van der Waals surface area contributed by atoms with Gasteiger partial charge in [-0.15, -0.1) is 0 Å². The lowest BCUT2D eigenvalue weighted by atomic mass is 9.99. The normalized spacial score (nSPS) is 21.4. The maximum absolute atomic E-state index is 14.7. The van der Waals surface area contributed by atoms with E-state index in [1.54, 1.807) is 16.6 Å². The monoisotopic (exact) mass is 429 g/mol. The fourth-order valence-corrected chi connectivity index (χ4v) is 4.29. The number of amides is 1. The first-order valence-electron chi connectivity index (χ1n) is 9.90. The zero-order valence-corrected chi connectivity index (χ0v) is 17.2. The smallest absolute Gasteiger partial charge is 0.262 e.